The fraction of sp³-hybridized carbons (Fsp3) is 0.857. The van der Waals surface area contributed by atoms with E-state index in [2.05, 4.69) is 10.2 Å². The number of amides is 1. The fourth-order valence-electron chi connectivity index (χ4n) is 3.20. The van der Waals surface area contributed by atoms with Crippen LogP contribution < -0.4 is 5.32 Å². The van der Waals surface area contributed by atoms with Gasteiger partial charge in [0.1, 0.15) is 0 Å². The third-order valence-corrected chi connectivity index (χ3v) is 4.27. The highest BCUT2D eigenvalue weighted by molar-refractivity contribution is 5.81. The zero-order chi connectivity index (χ0) is 13.8. The first-order valence-electron chi connectivity index (χ1n) is 7.32. The van der Waals surface area contributed by atoms with Gasteiger partial charge in [0, 0.05) is 18.5 Å². The Balaban J connectivity index is 1.73. The molecule has 1 saturated carbocycles. The number of carbonyl (C=O) groups is 2. The van der Waals surface area contributed by atoms with Crippen LogP contribution in [0.15, 0.2) is 0 Å². The topological polar surface area (TPSA) is 69.6 Å². The van der Waals surface area contributed by atoms with Crippen molar-refractivity contribution in [2.24, 2.45) is 11.8 Å². The Morgan fingerprint density at radius 2 is 1.89 bits per heavy atom. The fourth-order valence-corrected chi connectivity index (χ4v) is 3.20. The van der Waals surface area contributed by atoms with Crippen LogP contribution >= 0.6 is 0 Å². The zero-order valence-electron chi connectivity index (χ0n) is 11.6. The van der Waals surface area contributed by atoms with Crippen molar-refractivity contribution in [1.29, 1.82) is 0 Å². The van der Waals surface area contributed by atoms with Gasteiger partial charge in [-0.25, -0.2) is 0 Å². The summed E-state index contributed by atoms with van der Waals surface area (Å²) in [5.74, 6) is -1.16. The normalized spacial score (nSPS) is 29.3. The van der Waals surface area contributed by atoms with Crippen LogP contribution in [-0.4, -0.2) is 47.6 Å². The molecule has 0 aromatic heterocycles. The maximum atomic E-state index is 12.1. The summed E-state index contributed by atoms with van der Waals surface area (Å²) in [6.07, 6.45) is 4.35. The number of carboxylic acids is 1. The van der Waals surface area contributed by atoms with Crippen LogP contribution in [0.1, 0.15) is 39.0 Å². The van der Waals surface area contributed by atoms with Gasteiger partial charge in [-0.3, -0.25) is 9.59 Å². The number of nitrogens with one attached hydrogen (secondary N) is 1. The Morgan fingerprint density at radius 1 is 1.26 bits per heavy atom. The molecule has 1 amide bonds. The van der Waals surface area contributed by atoms with Crippen molar-refractivity contribution in [1.82, 2.24) is 10.2 Å². The molecule has 19 heavy (non-hydrogen) atoms. The SMILES string of the molecule is CC(CN1CCCC1)NC(=O)C1CCC(C(=O)O)C1. The summed E-state index contributed by atoms with van der Waals surface area (Å²) in [5.41, 5.74) is 0. The Hall–Kier alpha value is -1.10. The molecule has 0 spiro atoms. The largest absolute Gasteiger partial charge is 0.481 e. The Labute approximate surface area is 114 Å². The number of carbonyl (C=O) groups excluding carboxylic acids is 1. The van der Waals surface area contributed by atoms with Crippen LogP contribution in [0, 0.1) is 11.8 Å². The van der Waals surface area contributed by atoms with E-state index < -0.39 is 5.97 Å². The van der Waals surface area contributed by atoms with E-state index in [1.165, 1.54) is 12.8 Å². The molecule has 1 aliphatic carbocycles. The number of rotatable bonds is 5. The third-order valence-electron chi connectivity index (χ3n) is 4.27. The first-order chi connectivity index (χ1) is 9.06. The second-order valence-electron chi connectivity index (χ2n) is 5.96. The van der Waals surface area contributed by atoms with Gasteiger partial charge in [0.15, 0.2) is 0 Å². The highest BCUT2D eigenvalue weighted by Crippen LogP contribution is 2.31. The van der Waals surface area contributed by atoms with Gasteiger partial charge in [-0.1, -0.05) is 0 Å². The van der Waals surface area contributed by atoms with E-state index in [1.807, 2.05) is 6.92 Å². The molecule has 2 fully saturated rings. The Kier molecular flexibility index (Phi) is 4.80. The van der Waals surface area contributed by atoms with Gasteiger partial charge in [0.2, 0.25) is 5.91 Å². The second-order valence-corrected chi connectivity index (χ2v) is 5.96. The molecule has 1 aliphatic heterocycles. The van der Waals surface area contributed by atoms with Gasteiger partial charge in [-0.05, 0) is 52.1 Å². The number of aliphatic carboxylic acids is 1. The molecule has 2 rings (SSSR count). The van der Waals surface area contributed by atoms with Gasteiger partial charge in [-0.2, -0.15) is 0 Å². The molecular formula is C14H24N2O3. The molecule has 1 saturated heterocycles. The molecule has 3 atom stereocenters. The lowest BCUT2D eigenvalue weighted by Gasteiger charge is -2.22. The number of carboxylic acid groups (broad SMARTS) is 1. The second kappa shape index (κ2) is 6.37. The third kappa shape index (κ3) is 3.93. The van der Waals surface area contributed by atoms with Crippen LogP contribution in [0.3, 0.4) is 0 Å². The van der Waals surface area contributed by atoms with Crippen LogP contribution in [0.2, 0.25) is 0 Å². The van der Waals surface area contributed by atoms with Crippen LogP contribution in [0.5, 0.6) is 0 Å². The van der Waals surface area contributed by atoms with Crippen molar-refractivity contribution in [3.8, 4) is 0 Å². The summed E-state index contributed by atoms with van der Waals surface area (Å²) < 4.78 is 0. The molecule has 108 valence electrons. The molecule has 0 aromatic carbocycles. The lowest BCUT2D eigenvalue weighted by Crippen LogP contribution is -2.43. The molecule has 5 heteroatoms. The van der Waals surface area contributed by atoms with E-state index in [4.69, 9.17) is 5.11 Å². The minimum atomic E-state index is -0.764. The minimum absolute atomic E-state index is 0.0375. The zero-order valence-corrected chi connectivity index (χ0v) is 11.6. The van der Waals surface area contributed by atoms with E-state index in [0.717, 1.165) is 19.6 Å². The van der Waals surface area contributed by atoms with E-state index >= 15 is 0 Å². The lowest BCUT2D eigenvalue weighted by atomic mass is 10.0. The quantitative estimate of drug-likeness (QED) is 0.783. The standard InChI is InChI=1S/C14H24N2O3/c1-10(9-16-6-2-3-7-16)15-13(17)11-4-5-12(8-11)14(18)19/h10-12H,2-9H2,1H3,(H,15,17)(H,18,19). The van der Waals surface area contributed by atoms with Gasteiger partial charge >= 0.3 is 5.97 Å². The maximum absolute atomic E-state index is 12.1. The summed E-state index contributed by atoms with van der Waals surface area (Å²) in [5, 5.41) is 12.0. The van der Waals surface area contributed by atoms with Gasteiger partial charge < -0.3 is 15.3 Å². The summed E-state index contributed by atoms with van der Waals surface area (Å²) in [6, 6.07) is 0.148. The molecule has 2 aliphatic rings. The summed E-state index contributed by atoms with van der Waals surface area (Å²) in [7, 11) is 0. The average Bonchev–Trinajstić information content (AvgIpc) is 2.98. The predicted octanol–water partition coefficient (Wildman–Crippen LogP) is 1.09. The average molecular weight is 268 g/mol. The van der Waals surface area contributed by atoms with E-state index in [-0.39, 0.29) is 23.8 Å². The maximum Gasteiger partial charge on any atom is 0.306 e. The monoisotopic (exact) mass is 268 g/mol. The van der Waals surface area contributed by atoms with Crippen molar-refractivity contribution in [3.63, 3.8) is 0 Å². The van der Waals surface area contributed by atoms with Crippen molar-refractivity contribution >= 4 is 11.9 Å². The highest BCUT2D eigenvalue weighted by atomic mass is 16.4. The molecule has 3 unspecified atom stereocenters. The van der Waals surface area contributed by atoms with Gasteiger partial charge in [0.05, 0.1) is 5.92 Å². The molecular weight excluding hydrogens is 244 g/mol. The van der Waals surface area contributed by atoms with Crippen LogP contribution in [-0.2, 0) is 9.59 Å². The van der Waals surface area contributed by atoms with Crippen LogP contribution in [0.25, 0.3) is 0 Å². The first-order valence-corrected chi connectivity index (χ1v) is 7.32. The molecule has 2 N–H and O–H groups in total. The minimum Gasteiger partial charge on any atom is -0.481 e. The molecule has 0 aromatic rings. The van der Waals surface area contributed by atoms with Crippen LogP contribution in [0.4, 0.5) is 0 Å². The lowest BCUT2D eigenvalue weighted by molar-refractivity contribution is -0.141. The van der Waals surface area contributed by atoms with E-state index in [0.29, 0.717) is 19.3 Å². The van der Waals surface area contributed by atoms with Crippen molar-refractivity contribution in [3.05, 3.63) is 0 Å². The van der Waals surface area contributed by atoms with Crippen molar-refractivity contribution in [2.45, 2.75) is 45.1 Å². The summed E-state index contributed by atoms with van der Waals surface area (Å²) >= 11 is 0. The Bertz CT molecular complexity index is 340. The summed E-state index contributed by atoms with van der Waals surface area (Å²) in [6.45, 7) is 5.19. The summed E-state index contributed by atoms with van der Waals surface area (Å²) in [4.78, 5) is 25.3. The van der Waals surface area contributed by atoms with Crippen molar-refractivity contribution < 1.29 is 14.7 Å². The number of hydrogen-bond acceptors (Lipinski definition) is 3. The predicted molar refractivity (Wildman–Crippen MR) is 71.7 cm³/mol. The van der Waals surface area contributed by atoms with Gasteiger partial charge in [0.25, 0.3) is 0 Å². The number of likely N-dealkylation sites (tertiary alicyclic amines) is 1. The van der Waals surface area contributed by atoms with Gasteiger partial charge in [-0.15, -0.1) is 0 Å². The van der Waals surface area contributed by atoms with E-state index in [9.17, 15) is 9.59 Å². The molecule has 5 nitrogen and oxygen atoms in total. The van der Waals surface area contributed by atoms with E-state index in [1.54, 1.807) is 0 Å². The molecule has 0 bridgehead atoms. The Morgan fingerprint density at radius 3 is 2.47 bits per heavy atom. The number of hydrogen-bond donors (Lipinski definition) is 2. The molecule has 1 heterocycles. The smallest absolute Gasteiger partial charge is 0.306 e. The highest BCUT2D eigenvalue weighted by Gasteiger charge is 2.34. The van der Waals surface area contributed by atoms with Crippen molar-refractivity contribution in [2.75, 3.05) is 19.6 Å². The first kappa shape index (κ1) is 14.3. The molecule has 0 radical (unpaired) electrons. The number of nitrogens with zero attached hydrogens (tertiary/aromatic N) is 1.